The summed E-state index contributed by atoms with van der Waals surface area (Å²) in [4.78, 5) is 26.6. The highest BCUT2D eigenvalue weighted by molar-refractivity contribution is 5.78. The average molecular weight is 382 g/mol. The summed E-state index contributed by atoms with van der Waals surface area (Å²) in [6.45, 7) is 3.23. The summed E-state index contributed by atoms with van der Waals surface area (Å²) in [5.41, 5.74) is 2.26. The van der Waals surface area contributed by atoms with Gasteiger partial charge in [-0.1, -0.05) is 80.4 Å². The minimum Gasteiger partial charge on any atom is -0.469 e. The highest BCUT2D eigenvalue weighted by atomic mass is 16.5. The maximum Gasteiger partial charge on any atom is 0.307 e. The quantitative estimate of drug-likeness (QED) is 0.415. The van der Waals surface area contributed by atoms with Gasteiger partial charge in [0.15, 0.2) is 0 Å². The first-order valence-electron chi connectivity index (χ1n) is 10.1. The summed E-state index contributed by atoms with van der Waals surface area (Å²) in [6, 6.07) is 20.3. The van der Waals surface area contributed by atoms with Crippen molar-refractivity contribution in [2.75, 3.05) is 20.2 Å². The normalized spacial score (nSPS) is 10.7. The molecule has 0 saturated carbocycles. The van der Waals surface area contributed by atoms with Crippen molar-refractivity contribution in [1.29, 1.82) is 0 Å². The van der Waals surface area contributed by atoms with Gasteiger partial charge in [-0.25, -0.2) is 0 Å². The van der Waals surface area contributed by atoms with Crippen LogP contribution < -0.4 is 0 Å². The maximum absolute atomic E-state index is 13.2. The fraction of sp³-hybridized carbons (Fsp3) is 0.417. The molecular weight excluding hydrogens is 350 g/mol. The Balaban J connectivity index is 2.16. The molecule has 0 spiro atoms. The number of nitrogens with zero attached hydrogens (tertiary/aromatic N) is 1. The van der Waals surface area contributed by atoms with E-state index >= 15 is 0 Å². The van der Waals surface area contributed by atoms with E-state index in [1.54, 1.807) is 0 Å². The van der Waals surface area contributed by atoms with E-state index in [1.807, 2.05) is 41.3 Å². The molecule has 0 aliphatic carbocycles. The molecular formula is C24H31NO3. The Morgan fingerprint density at radius 2 is 1.46 bits per heavy atom. The molecule has 0 radical (unpaired) electrons. The van der Waals surface area contributed by atoms with Gasteiger partial charge in [0, 0.05) is 25.4 Å². The van der Waals surface area contributed by atoms with Crippen LogP contribution in [0.2, 0.25) is 0 Å². The van der Waals surface area contributed by atoms with Crippen LogP contribution in [0.3, 0.4) is 0 Å². The fourth-order valence-corrected chi connectivity index (χ4v) is 3.34. The van der Waals surface area contributed by atoms with Gasteiger partial charge in [0.2, 0.25) is 5.91 Å². The van der Waals surface area contributed by atoms with Gasteiger partial charge < -0.3 is 9.64 Å². The monoisotopic (exact) mass is 381 g/mol. The van der Waals surface area contributed by atoms with E-state index < -0.39 is 0 Å². The number of hydrogen-bond acceptors (Lipinski definition) is 3. The first-order chi connectivity index (χ1) is 13.7. The van der Waals surface area contributed by atoms with Crippen molar-refractivity contribution in [3.05, 3.63) is 71.8 Å². The molecule has 28 heavy (non-hydrogen) atoms. The Hall–Kier alpha value is -2.62. The average Bonchev–Trinajstić information content (AvgIpc) is 2.75. The number of rotatable bonds is 11. The summed E-state index contributed by atoms with van der Waals surface area (Å²) in [7, 11) is 1.38. The largest absolute Gasteiger partial charge is 0.469 e. The summed E-state index contributed by atoms with van der Waals surface area (Å²) >= 11 is 0. The molecule has 2 aromatic rings. The third-order valence-electron chi connectivity index (χ3n) is 4.98. The van der Waals surface area contributed by atoms with Crippen LogP contribution in [0, 0.1) is 0 Å². The van der Waals surface area contributed by atoms with Crippen LogP contribution in [-0.4, -0.2) is 37.0 Å². The standard InChI is InChI=1S/C24H31NO3/c1-3-4-11-17-25(18-16-24(27)28-2)23(26)19-22(20-12-7-5-8-13-20)21-14-9-6-10-15-21/h5-10,12-15,22H,3-4,11,16-19H2,1-2H3. The van der Waals surface area contributed by atoms with Crippen molar-refractivity contribution >= 4 is 11.9 Å². The maximum atomic E-state index is 13.2. The summed E-state index contributed by atoms with van der Waals surface area (Å²) < 4.78 is 4.75. The summed E-state index contributed by atoms with van der Waals surface area (Å²) in [5.74, 6) is -0.199. The minimum absolute atomic E-state index is 0.00158. The number of methoxy groups -OCH3 is 1. The van der Waals surface area contributed by atoms with Crippen LogP contribution in [0.15, 0.2) is 60.7 Å². The van der Waals surface area contributed by atoms with Crippen molar-refractivity contribution in [3.63, 3.8) is 0 Å². The Morgan fingerprint density at radius 3 is 1.96 bits per heavy atom. The lowest BCUT2D eigenvalue weighted by Gasteiger charge is -2.25. The molecule has 0 saturated heterocycles. The topological polar surface area (TPSA) is 46.6 Å². The molecule has 0 atom stereocenters. The Kier molecular flexibility index (Phi) is 9.26. The molecule has 4 nitrogen and oxygen atoms in total. The summed E-state index contributed by atoms with van der Waals surface area (Å²) in [6.07, 6.45) is 3.74. The molecule has 4 heteroatoms. The third kappa shape index (κ3) is 6.84. The highest BCUT2D eigenvalue weighted by Gasteiger charge is 2.22. The molecule has 0 bridgehead atoms. The minimum atomic E-state index is -0.282. The van der Waals surface area contributed by atoms with Crippen LogP contribution in [-0.2, 0) is 14.3 Å². The van der Waals surface area contributed by atoms with Crippen LogP contribution in [0.5, 0.6) is 0 Å². The Bertz CT molecular complexity index is 676. The first-order valence-corrected chi connectivity index (χ1v) is 10.1. The number of hydrogen-bond donors (Lipinski definition) is 0. The van der Waals surface area contributed by atoms with E-state index in [9.17, 15) is 9.59 Å². The van der Waals surface area contributed by atoms with Crippen molar-refractivity contribution in [1.82, 2.24) is 4.90 Å². The number of carbonyl (C=O) groups is 2. The lowest BCUT2D eigenvalue weighted by molar-refractivity contribution is -0.141. The summed E-state index contributed by atoms with van der Waals surface area (Å²) in [5, 5.41) is 0. The molecule has 0 unspecified atom stereocenters. The predicted octanol–water partition coefficient (Wildman–Crippen LogP) is 4.79. The van der Waals surface area contributed by atoms with Gasteiger partial charge in [0.25, 0.3) is 0 Å². The number of amides is 1. The van der Waals surface area contributed by atoms with Gasteiger partial charge in [0.1, 0.15) is 0 Å². The van der Waals surface area contributed by atoms with Gasteiger partial charge in [-0.15, -0.1) is 0 Å². The van der Waals surface area contributed by atoms with Crippen molar-refractivity contribution in [2.45, 2.75) is 44.9 Å². The van der Waals surface area contributed by atoms with Crippen LogP contribution in [0.1, 0.15) is 56.1 Å². The number of ether oxygens (including phenoxy) is 1. The Morgan fingerprint density at radius 1 is 0.893 bits per heavy atom. The second kappa shape index (κ2) is 12.0. The van der Waals surface area contributed by atoms with E-state index in [2.05, 4.69) is 31.2 Å². The van der Waals surface area contributed by atoms with E-state index in [1.165, 1.54) is 7.11 Å². The second-order valence-corrected chi connectivity index (χ2v) is 6.99. The van der Waals surface area contributed by atoms with Gasteiger partial charge >= 0.3 is 5.97 Å². The van der Waals surface area contributed by atoms with Gasteiger partial charge in [-0.3, -0.25) is 9.59 Å². The van der Waals surface area contributed by atoms with Gasteiger partial charge in [0.05, 0.1) is 13.5 Å². The van der Waals surface area contributed by atoms with Gasteiger partial charge in [-0.2, -0.15) is 0 Å². The van der Waals surface area contributed by atoms with Crippen LogP contribution in [0.4, 0.5) is 0 Å². The number of esters is 1. The molecule has 0 N–H and O–H groups in total. The highest BCUT2D eigenvalue weighted by Crippen LogP contribution is 2.28. The second-order valence-electron chi connectivity index (χ2n) is 6.99. The zero-order chi connectivity index (χ0) is 20.2. The third-order valence-corrected chi connectivity index (χ3v) is 4.98. The lowest BCUT2D eigenvalue weighted by Crippen LogP contribution is -2.35. The molecule has 0 aliphatic heterocycles. The predicted molar refractivity (Wildman–Crippen MR) is 112 cm³/mol. The van der Waals surface area contributed by atoms with E-state index in [-0.39, 0.29) is 24.2 Å². The number of benzene rings is 2. The molecule has 0 aromatic heterocycles. The fourth-order valence-electron chi connectivity index (χ4n) is 3.34. The molecule has 0 aliphatic rings. The van der Waals surface area contributed by atoms with E-state index in [4.69, 9.17) is 4.74 Å². The number of unbranched alkanes of at least 4 members (excludes halogenated alkanes) is 2. The van der Waals surface area contributed by atoms with Gasteiger partial charge in [-0.05, 0) is 17.5 Å². The first kappa shape index (κ1) is 21.7. The van der Waals surface area contributed by atoms with Crippen LogP contribution in [0.25, 0.3) is 0 Å². The molecule has 2 aromatic carbocycles. The molecule has 2 rings (SSSR count). The van der Waals surface area contributed by atoms with E-state index in [0.29, 0.717) is 19.5 Å². The Labute approximate surface area is 168 Å². The van der Waals surface area contributed by atoms with Crippen molar-refractivity contribution in [3.8, 4) is 0 Å². The molecule has 150 valence electrons. The number of carbonyl (C=O) groups excluding carboxylic acids is 2. The smallest absolute Gasteiger partial charge is 0.307 e. The lowest BCUT2D eigenvalue weighted by atomic mass is 9.88. The molecule has 1 amide bonds. The van der Waals surface area contributed by atoms with Crippen LogP contribution >= 0.6 is 0 Å². The molecule has 0 fully saturated rings. The van der Waals surface area contributed by atoms with Crippen molar-refractivity contribution in [2.24, 2.45) is 0 Å². The van der Waals surface area contributed by atoms with Crippen molar-refractivity contribution < 1.29 is 14.3 Å². The van der Waals surface area contributed by atoms with E-state index in [0.717, 1.165) is 30.4 Å². The zero-order valence-electron chi connectivity index (χ0n) is 17.0. The molecule has 0 heterocycles. The SMILES string of the molecule is CCCCCN(CCC(=O)OC)C(=O)CC(c1ccccc1)c1ccccc1. The zero-order valence-corrected chi connectivity index (χ0v) is 17.0.